The van der Waals surface area contributed by atoms with Gasteiger partial charge < -0.3 is 24.6 Å². The van der Waals surface area contributed by atoms with Crippen LogP contribution in [0.25, 0.3) is 11.1 Å². The first-order valence-electron chi connectivity index (χ1n) is 10.4. The summed E-state index contributed by atoms with van der Waals surface area (Å²) in [6, 6.07) is 14.3. The Morgan fingerprint density at radius 3 is 2.69 bits per heavy atom. The van der Waals surface area contributed by atoms with Crippen molar-refractivity contribution in [3.8, 4) is 16.9 Å². The number of hydrogen-bond donors (Lipinski definition) is 2. The number of aryl methyl sites for hydroxylation is 1. The zero-order valence-corrected chi connectivity index (χ0v) is 17.7. The predicted octanol–water partition coefficient (Wildman–Crippen LogP) is 3.66. The molecule has 5 heteroatoms. The quantitative estimate of drug-likeness (QED) is 0.630. The second-order valence-corrected chi connectivity index (χ2v) is 7.69. The minimum absolute atomic E-state index is 0.348. The van der Waals surface area contributed by atoms with Crippen LogP contribution in [0.2, 0.25) is 0 Å². The topological polar surface area (TPSA) is 60.0 Å². The SMILES string of the molecule is COCCCCC(O)(c1c(OC)cccc1-c1cccc(C)c1)[C@H]1CNCCO1. The molecule has 2 aromatic carbocycles. The summed E-state index contributed by atoms with van der Waals surface area (Å²) < 4.78 is 17.0. The lowest BCUT2D eigenvalue weighted by atomic mass is 9.78. The lowest BCUT2D eigenvalue weighted by Gasteiger charge is -2.40. The van der Waals surface area contributed by atoms with E-state index in [9.17, 15) is 5.11 Å². The molecule has 2 aromatic rings. The van der Waals surface area contributed by atoms with Crippen molar-refractivity contribution in [2.45, 2.75) is 37.9 Å². The monoisotopic (exact) mass is 399 g/mol. The van der Waals surface area contributed by atoms with Gasteiger partial charge in [-0.15, -0.1) is 0 Å². The number of morpholine rings is 1. The van der Waals surface area contributed by atoms with E-state index < -0.39 is 5.60 Å². The number of unbranched alkanes of at least 4 members (excludes halogenated alkanes) is 1. The summed E-state index contributed by atoms with van der Waals surface area (Å²) in [6.07, 6.45) is 1.93. The molecule has 1 aliphatic heterocycles. The van der Waals surface area contributed by atoms with Crippen molar-refractivity contribution in [2.75, 3.05) is 40.5 Å². The van der Waals surface area contributed by atoms with Crippen LogP contribution in [0.4, 0.5) is 0 Å². The molecule has 0 aliphatic carbocycles. The normalized spacial score (nSPS) is 19.0. The molecule has 0 saturated carbocycles. The Kier molecular flexibility index (Phi) is 7.67. The van der Waals surface area contributed by atoms with Crippen molar-refractivity contribution >= 4 is 0 Å². The fourth-order valence-corrected chi connectivity index (χ4v) is 4.16. The highest BCUT2D eigenvalue weighted by atomic mass is 16.5. The van der Waals surface area contributed by atoms with Gasteiger partial charge in [-0.2, -0.15) is 0 Å². The van der Waals surface area contributed by atoms with Crippen molar-refractivity contribution in [1.29, 1.82) is 0 Å². The second kappa shape index (κ2) is 10.2. The van der Waals surface area contributed by atoms with E-state index in [2.05, 4.69) is 36.5 Å². The molecule has 0 spiro atoms. The highest BCUT2D eigenvalue weighted by molar-refractivity contribution is 5.72. The Hall–Kier alpha value is -1.92. The largest absolute Gasteiger partial charge is 0.496 e. The zero-order chi connectivity index (χ0) is 20.7. The predicted molar refractivity (Wildman–Crippen MR) is 115 cm³/mol. The van der Waals surface area contributed by atoms with Crippen molar-refractivity contribution < 1.29 is 19.3 Å². The van der Waals surface area contributed by atoms with Crippen LogP contribution in [-0.4, -0.2) is 51.7 Å². The van der Waals surface area contributed by atoms with Crippen molar-refractivity contribution in [3.63, 3.8) is 0 Å². The Morgan fingerprint density at radius 1 is 1.17 bits per heavy atom. The molecular weight excluding hydrogens is 366 g/mol. The van der Waals surface area contributed by atoms with Crippen LogP contribution in [0, 0.1) is 6.92 Å². The molecule has 2 N–H and O–H groups in total. The lowest BCUT2D eigenvalue weighted by Crippen LogP contribution is -2.51. The zero-order valence-electron chi connectivity index (χ0n) is 17.7. The summed E-state index contributed by atoms with van der Waals surface area (Å²) in [5.41, 5.74) is 2.86. The van der Waals surface area contributed by atoms with E-state index in [1.54, 1.807) is 14.2 Å². The molecule has 0 amide bonds. The van der Waals surface area contributed by atoms with Gasteiger partial charge in [-0.25, -0.2) is 0 Å². The second-order valence-electron chi connectivity index (χ2n) is 7.69. The molecule has 1 aliphatic rings. The third-order valence-corrected chi connectivity index (χ3v) is 5.62. The maximum absolute atomic E-state index is 12.1. The molecule has 1 fully saturated rings. The molecule has 29 heavy (non-hydrogen) atoms. The van der Waals surface area contributed by atoms with Gasteiger partial charge in [-0.05, 0) is 43.4 Å². The minimum Gasteiger partial charge on any atom is -0.496 e. The van der Waals surface area contributed by atoms with E-state index in [-0.39, 0.29) is 6.10 Å². The van der Waals surface area contributed by atoms with Gasteiger partial charge in [-0.1, -0.05) is 42.0 Å². The molecule has 0 radical (unpaired) electrons. The van der Waals surface area contributed by atoms with Gasteiger partial charge in [0.15, 0.2) is 0 Å². The summed E-state index contributed by atoms with van der Waals surface area (Å²) in [7, 11) is 3.36. The van der Waals surface area contributed by atoms with Crippen LogP contribution >= 0.6 is 0 Å². The molecule has 158 valence electrons. The first-order valence-corrected chi connectivity index (χ1v) is 10.4. The van der Waals surface area contributed by atoms with Gasteiger partial charge >= 0.3 is 0 Å². The molecule has 1 unspecified atom stereocenters. The number of benzene rings is 2. The Labute approximate surface area is 174 Å². The van der Waals surface area contributed by atoms with Gasteiger partial charge in [0.25, 0.3) is 0 Å². The smallest absolute Gasteiger partial charge is 0.125 e. The first-order chi connectivity index (χ1) is 14.1. The van der Waals surface area contributed by atoms with Crippen LogP contribution in [-0.2, 0) is 15.1 Å². The maximum atomic E-state index is 12.1. The van der Waals surface area contributed by atoms with E-state index >= 15 is 0 Å². The van der Waals surface area contributed by atoms with Crippen LogP contribution in [0.5, 0.6) is 5.75 Å². The van der Waals surface area contributed by atoms with Crippen molar-refractivity contribution in [2.24, 2.45) is 0 Å². The van der Waals surface area contributed by atoms with Gasteiger partial charge in [0.2, 0.25) is 0 Å². The van der Waals surface area contributed by atoms with E-state index in [0.717, 1.165) is 36.1 Å². The third kappa shape index (κ3) is 4.98. The van der Waals surface area contributed by atoms with Crippen LogP contribution < -0.4 is 10.1 Å². The lowest BCUT2D eigenvalue weighted by molar-refractivity contribution is -0.130. The molecule has 1 heterocycles. The number of aliphatic hydroxyl groups is 1. The van der Waals surface area contributed by atoms with Crippen molar-refractivity contribution in [1.82, 2.24) is 5.32 Å². The molecule has 0 aromatic heterocycles. The summed E-state index contributed by atoms with van der Waals surface area (Å²) in [5.74, 6) is 0.687. The van der Waals surface area contributed by atoms with Crippen LogP contribution in [0.1, 0.15) is 30.4 Å². The standard InChI is InChI=1S/C24H33NO4/c1-18-8-6-9-19(16-18)20-10-7-11-21(28-3)23(20)24(26,12-4-5-14-27-2)22-17-25-13-15-29-22/h6-11,16,22,25-26H,4-5,12-15,17H2,1-3H3/t22-,24?/m1/s1. The van der Waals surface area contributed by atoms with Gasteiger partial charge in [0, 0.05) is 32.4 Å². The number of methoxy groups -OCH3 is 2. The van der Waals surface area contributed by atoms with Gasteiger partial charge in [-0.3, -0.25) is 0 Å². The fourth-order valence-electron chi connectivity index (χ4n) is 4.16. The molecule has 5 nitrogen and oxygen atoms in total. The Morgan fingerprint density at radius 2 is 2.00 bits per heavy atom. The molecule has 3 rings (SSSR count). The van der Waals surface area contributed by atoms with E-state index in [1.165, 1.54) is 5.56 Å². The van der Waals surface area contributed by atoms with Gasteiger partial charge in [0.1, 0.15) is 17.5 Å². The van der Waals surface area contributed by atoms with Crippen LogP contribution in [0.15, 0.2) is 42.5 Å². The molecule has 1 saturated heterocycles. The van der Waals surface area contributed by atoms with Crippen molar-refractivity contribution in [3.05, 3.63) is 53.6 Å². The molecular formula is C24H33NO4. The fraction of sp³-hybridized carbons (Fsp3) is 0.500. The Balaban J connectivity index is 2.10. The minimum atomic E-state index is -1.17. The van der Waals surface area contributed by atoms with E-state index in [1.807, 2.05) is 18.2 Å². The summed E-state index contributed by atoms with van der Waals surface area (Å²) in [5, 5.41) is 15.5. The van der Waals surface area contributed by atoms with Gasteiger partial charge in [0.05, 0.1) is 13.7 Å². The highest BCUT2D eigenvalue weighted by Crippen LogP contribution is 2.44. The van der Waals surface area contributed by atoms with E-state index in [0.29, 0.717) is 31.9 Å². The number of ether oxygens (including phenoxy) is 3. The summed E-state index contributed by atoms with van der Waals surface area (Å²) in [4.78, 5) is 0. The Bertz CT molecular complexity index is 788. The maximum Gasteiger partial charge on any atom is 0.125 e. The van der Waals surface area contributed by atoms with E-state index in [4.69, 9.17) is 14.2 Å². The average Bonchev–Trinajstić information content (AvgIpc) is 2.76. The van der Waals surface area contributed by atoms with Crippen LogP contribution in [0.3, 0.4) is 0 Å². The highest BCUT2D eigenvalue weighted by Gasteiger charge is 2.43. The first kappa shape index (κ1) is 21.8. The number of nitrogens with one attached hydrogen (secondary N) is 1. The molecule has 0 bridgehead atoms. The summed E-state index contributed by atoms with van der Waals surface area (Å²) in [6.45, 7) is 4.74. The average molecular weight is 400 g/mol. The number of hydrogen-bond acceptors (Lipinski definition) is 5. The molecule has 2 atom stereocenters. The number of rotatable bonds is 9. The summed E-state index contributed by atoms with van der Waals surface area (Å²) >= 11 is 0. The third-order valence-electron chi connectivity index (χ3n) is 5.62.